The average molecular weight is 238 g/mol. The minimum Gasteiger partial charge on any atom is -0.399 e. The molecule has 0 fully saturated rings. The molecule has 0 spiro atoms. The molecule has 0 amide bonds. The zero-order chi connectivity index (χ0) is 10.8. The molecule has 2 aromatic carbocycles. The van der Waals surface area contributed by atoms with Crippen molar-refractivity contribution in [3.8, 4) is 11.1 Å². The van der Waals surface area contributed by atoms with Crippen LogP contribution >= 0.6 is 23.2 Å². The highest BCUT2D eigenvalue weighted by molar-refractivity contribution is 6.34. The topological polar surface area (TPSA) is 26.0 Å². The van der Waals surface area contributed by atoms with Gasteiger partial charge in [-0.05, 0) is 35.9 Å². The standard InChI is InChI=1S/C12H9Cl2N/c13-9-3-1-2-8(6-9)11-7-10(15)4-5-12(11)14/h1-7H,15H2. The Morgan fingerprint density at radius 2 is 1.73 bits per heavy atom. The number of rotatable bonds is 1. The number of nitrogen functional groups attached to an aromatic ring is 1. The Bertz CT molecular complexity index is 495. The lowest BCUT2D eigenvalue weighted by Gasteiger charge is -2.05. The highest BCUT2D eigenvalue weighted by atomic mass is 35.5. The van der Waals surface area contributed by atoms with Crippen molar-refractivity contribution in [1.29, 1.82) is 0 Å². The third-order valence-electron chi connectivity index (χ3n) is 2.13. The maximum absolute atomic E-state index is 6.08. The Hall–Kier alpha value is -1.18. The maximum atomic E-state index is 6.08. The summed E-state index contributed by atoms with van der Waals surface area (Å²) in [5.41, 5.74) is 8.27. The molecule has 0 atom stereocenters. The Morgan fingerprint density at radius 3 is 2.47 bits per heavy atom. The van der Waals surface area contributed by atoms with Gasteiger partial charge in [0.25, 0.3) is 0 Å². The van der Waals surface area contributed by atoms with Gasteiger partial charge in [-0.1, -0.05) is 35.3 Å². The quantitative estimate of drug-likeness (QED) is 0.738. The van der Waals surface area contributed by atoms with E-state index in [1.54, 1.807) is 12.1 Å². The van der Waals surface area contributed by atoms with E-state index in [0.29, 0.717) is 15.7 Å². The van der Waals surface area contributed by atoms with E-state index in [1.165, 1.54) is 0 Å². The first-order valence-corrected chi connectivity index (χ1v) is 5.23. The number of halogens is 2. The largest absolute Gasteiger partial charge is 0.399 e. The SMILES string of the molecule is Nc1ccc(Cl)c(-c2cccc(Cl)c2)c1. The molecule has 2 N–H and O–H groups in total. The monoisotopic (exact) mass is 237 g/mol. The zero-order valence-electron chi connectivity index (χ0n) is 7.87. The Balaban J connectivity index is 2.58. The van der Waals surface area contributed by atoms with Crippen LogP contribution in [-0.2, 0) is 0 Å². The van der Waals surface area contributed by atoms with Crippen LogP contribution in [0.4, 0.5) is 5.69 Å². The Morgan fingerprint density at radius 1 is 0.933 bits per heavy atom. The third-order valence-corrected chi connectivity index (χ3v) is 2.69. The van der Waals surface area contributed by atoms with E-state index < -0.39 is 0 Å². The fourth-order valence-electron chi connectivity index (χ4n) is 1.42. The first kappa shape index (κ1) is 10.3. The summed E-state index contributed by atoms with van der Waals surface area (Å²) in [7, 11) is 0. The predicted molar refractivity (Wildman–Crippen MR) is 66.3 cm³/mol. The summed E-state index contributed by atoms with van der Waals surface area (Å²) >= 11 is 12.0. The summed E-state index contributed by atoms with van der Waals surface area (Å²) in [6, 6.07) is 12.9. The molecule has 0 unspecified atom stereocenters. The van der Waals surface area contributed by atoms with Crippen LogP contribution in [0.3, 0.4) is 0 Å². The van der Waals surface area contributed by atoms with Crippen LogP contribution in [0.25, 0.3) is 11.1 Å². The second-order valence-corrected chi connectivity index (χ2v) is 4.09. The molecule has 0 bridgehead atoms. The lowest BCUT2D eigenvalue weighted by Crippen LogP contribution is -1.86. The van der Waals surface area contributed by atoms with Crippen LogP contribution in [-0.4, -0.2) is 0 Å². The highest BCUT2D eigenvalue weighted by Crippen LogP contribution is 2.30. The van der Waals surface area contributed by atoms with Crippen molar-refractivity contribution in [2.24, 2.45) is 0 Å². The summed E-state index contributed by atoms with van der Waals surface area (Å²) in [6.45, 7) is 0. The van der Waals surface area contributed by atoms with Crippen molar-refractivity contribution < 1.29 is 0 Å². The van der Waals surface area contributed by atoms with Crippen LogP contribution in [0.5, 0.6) is 0 Å². The van der Waals surface area contributed by atoms with Crippen LogP contribution in [0, 0.1) is 0 Å². The van der Waals surface area contributed by atoms with Crippen LogP contribution in [0.1, 0.15) is 0 Å². The van der Waals surface area contributed by atoms with E-state index in [0.717, 1.165) is 11.1 Å². The van der Waals surface area contributed by atoms with Gasteiger partial charge in [0, 0.05) is 21.3 Å². The van der Waals surface area contributed by atoms with E-state index in [1.807, 2.05) is 30.3 Å². The molecule has 3 heteroatoms. The Kier molecular flexibility index (Phi) is 2.85. The predicted octanol–water partition coefficient (Wildman–Crippen LogP) is 4.24. The summed E-state index contributed by atoms with van der Waals surface area (Å²) in [5.74, 6) is 0. The zero-order valence-corrected chi connectivity index (χ0v) is 9.39. The molecule has 0 aliphatic carbocycles. The van der Waals surface area contributed by atoms with Crippen LogP contribution < -0.4 is 5.73 Å². The van der Waals surface area contributed by atoms with Crippen LogP contribution in [0.2, 0.25) is 10.0 Å². The van der Waals surface area contributed by atoms with E-state index >= 15 is 0 Å². The number of hydrogen-bond donors (Lipinski definition) is 1. The van der Waals surface area contributed by atoms with Gasteiger partial charge in [-0.3, -0.25) is 0 Å². The molecule has 2 aromatic rings. The van der Waals surface area contributed by atoms with Gasteiger partial charge < -0.3 is 5.73 Å². The van der Waals surface area contributed by atoms with Gasteiger partial charge in [-0.25, -0.2) is 0 Å². The molecule has 2 rings (SSSR count). The molecule has 0 aliphatic rings. The Labute approximate surface area is 98.4 Å². The van der Waals surface area contributed by atoms with Crippen molar-refractivity contribution in [1.82, 2.24) is 0 Å². The number of hydrogen-bond acceptors (Lipinski definition) is 1. The van der Waals surface area contributed by atoms with E-state index in [9.17, 15) is 0 Å². The molecule has 0 aromatic heterocycles. The highest BCUT2D eigenvalue weighted by Gasteiger charge is 2.04. The molecule has 0 aliphatic heterocycles. The summed E-state index contributed by atoms with van der Waals surface area (Å²) in [5, 5.41) is 1.36. The van der Waals surface area contributed by atoms with Gasteiger partial charge in [-0.15, -0.1) is 0 Å². The van der Waals surface area contributed by atoms with Crippen molar-refractivity contribution in [3.63, 3.8) is 0 Å². The van der Waals surface area contributed by atoms with Crippen molar-refractivity contribution in [2.45, 2.75) is 0 Å². The molecular formula is C12H9Cl2N. The van der Waals surface area contributed by atoms with Gasteiger partial charge in [0.05, 0.1) is 0 Å². The minimum absolute atomic E-state index is 0.673. The summed E-state index contributed by atoms with van der Waals surface area (Å²) < 4.78 is 0. The molecule has 0 saturated heterocycles. The fourth-order valence-corrected chi connectivity index (χ4v) is 1.84. The van der Waals surface area contributed by atoms with Crippen molar-refractivity contribution in [3.05, 3.63) is 52.5 Å². The number of nitrogens with two attached hydrogens (primary N) is 1. The molecule has 0 saturated carbocycles. The average Bonchev–Trinajstić information content (AvgIpc) is 2.22. The third kappa shape index (κ3) is 2.25. The molecule has 0 radical (unpaired) electrons. The molecule has 0 heterocycles. The lowest BCUT2D eigenvalue weighted by atomic mass is 10.1. The molecule has 1 nitrogen and oxygen atoms in total. The smallest absolute Gasteiger partial charge is 0.0485 e. The summed E-state index contributed by atoms with van der Waals surface area (Å²) in [4.78, 5) is 0. The molecule has 15 heavy (non-hydrogen) atoms. The molecular weight excluding hydrogens is 229 g/mol. The second kappa shape index (κ2) is 4.13. The van der Waals surface area contributed by atoms with Gasteiger partial charge in [0.15, 0.2) is 0 Å². The second-order valence-electron chi connectivity index (χ2n) is 3.25. The lowest BCUT2D eigenvalue weighted by molar-refractivity contribution is 1.61. The minimum atomic E-state index is 0.673. The van der Waals surface area contributed by atoms with Gasteiger partial charge in [0.2, 0.25) is 0 Å². The van der Waals surface area contributed by atoms with Crippen molar-refractivity contribution >= 4 is 28.9 Å². The normalized spacial score (nSPS) is 10.3. The first-order chi connectivity index (χ1) is 7.16. The van der Waals surface area contributed by atoms with E-state index in [2.05, 4.69) is 0 Å². The van der Waals surface area contributed by atoms with Crippen molar-refractivity contribution in [2.75, 3.05) is 5.73 Å². The number of benzene rings is 2. The van der Waals surface area contributed by atoms with E-state index in [-0.39, 0.29) is 0 Å². The van der Waals surface area contributed by atoms with Gasteiger partial charge >= 0.3 is 0 Å². The van der Waals surface area contributed by atoms with Gasteiger partial charge in [0.1, 0.15) is 0 Å². The first-order valence-electron chi connectivity index (χ1n) is 4.48. The van der Waals surface area contributed by atoms with E-state index in [4.69, 9.17) is 28.9 Å². The maximum Gasteiger partial charge on any atom is 0.0485 e. The number of anilines is 1. The van der Waals surface area contributed by atoms with Gasteiger partial charge in [-0.2, -0.15) is 0 Å². The molecule has 76 valence electrons. The van der Waals surface area contributed by atoms with Crippen LogP contribution in [0.15, 0.2) is 42.5 Å². The summed E-state index contributed by atoms with van der Waals surface area (Å²) in [6.07, 6.45) is 0. The fraction of sp³-hybridized carbons (Fsp3) is 0.